The molecule has 0 aromatic heterocycles. The van der Waals surface area contributed by atoms with Gasteiger partial charge in [0, 0.05) is 5.41 Å². The standard InChI is InChI=1S/C16H25NO3/c1-5-11-6-12-8-16(10-17-19,13(12)7-11)9-14(18)20-15(2,3)4/h7,12-13H,5-6,8-10H2,1-4H3/t12-,13-,16+/m1/s1. The summed E-state index contributed by atoms with van der Waals surface area (Å²) < 4.78 is 5.41. The van der Waals surface area contributed by atoms with E-state index >= 15 is 0 Å². The molecule has 0 bridgehead atoms. The lowest BCUT2D eigenvalue weighted by atomic mass is 9.53. The number of fused-ring (bicyclic) bond motifs is 1. The van der Waals surface area contributed by atoms with Crippen LogP contribution in [0.25, 0.3) is 0 Å². The minimum atomic E-state index is -0.476. The molecule has 1 fully saturated rings. The lowest BCUT2D eigenvalue weighted by molar-refractivity contribution is -0.162. The fourth-order valence-electron chi connectivity index (χ4n) is 3.77. The Morgan fingerprint density at radius 2 is 2.20 bits per heavy atom. The molecule has 0 aliphatic heterocycles. The number of carbonyl (C=O) groups excluding carboxylic acids is 1. The van der Waals surface area contributed by atoms with Gasteiger partial charge < -0.3 is 4.74 Å². The highest BCUT2D eigenvalue weighted by atomic mass is 16.6. The summed E-state index contributed by atoms with van der Waals surface area (Å²) in [4.78, 5) is 22.9. The molecule has 2 rings (SSSR count). The molecule has 0 aromatic carbocycles. The lowest BCUT2D eigenvalue weighted by Crippen LogP contribution is -2.49. The summed E-state index contributed by atoms with van der Waals surface area (Å²) in [7, 11) is 0. The van der Waals surface area contributed by atoms with Crippen LogP contribution in [-0.4, -0.2) is 18.1 Å². The first kappa shape index (κ1) is 15.2. The molecule has 0 amide bonds. The molecule has 0 saturated heterocycles. The van der Waals surface area contributed by atoms with Gasteiger partial charge in [-0.1, -0.05) is 23.7 Å². The lowest BCUT2D eigenvalue weighted by Gasteiger charge is -2.50. The first-order chi connectivity index (χ1) is 9.29. The van der Waals surface area contributed by atoms with E-state index in [1.54, 1.807) is 0 Å². The molecule has 0 radical (unpaired) electrons. The summed E-state index contributed by atoms with van der Waals surface area (Å²) in [5, 5.41) is 3.10. The Hall–Kier alpha value is -1.19. The zero-order valence-electron chi connectivity index (χ0n) is 12.9. The Balaban J connectivity index is 2.07. The number of ether oxygens (including phenoxy) is 1. The zero-order chi connectivity index (χ0) is 15.0. The molecular weight excluding hydrogens is 254 g/mol. The second-order valence-corrected chi connectivity index (χ2v) is 7.29. The highest BCUT2D eigenvalue weighted by Crippen LogP contribution is 2.60. The molecule has 2 aliphatic rings. The van der Waals surface area contributed by atoms with E-state index in [1.807, 2.05) is 20.8 Å². The summed E-state index contributed by atoms with van der Waals surface area (Å²) >= 11 is 0. The van der Waals surface area contributed by atoms with Crippen LogP contribution in [0, 0.1) is 22.2 Å². The maximum Gasteiger partial charge on any atom is 0.306 e. The van der Waals surface area contributed by atoms with Crippen molar-refractivity contribution in [1.82, 2.24) is 0 Å². The molecular formula is C16H25NO3. The van der Waals surface area contributed by atoms with E-state index in [2.05, 4.69) is 18.2 Å². The van der Waals surface area contributed by atoms with Gasteiger partial charge in [-0.05, 0) is 51.9 Å². The number of esters is 1. The van der Waals surface area contributed by atoms with Crippen LogP contribution in [0.2, 0.25) is 0 Å². The fourth-order valence-corrected chi connectivity index (χ4v) is 3.77. The largest absolute Gasteiger partial charge is 0.460 e. The summed E-state index contributed by atoms with van der Waals surface area (Å²) in [5.74, 6) is 0.731. The quantitative estimate of drug-likeness (QED) is 0.436. The molecule has 4 nitrogen and oxygen atoms in total. The van der Waals surface area contributed by atoms with Gasteiger partial charge in [0.1, 0.15) is 5.60 Å². The summed E-state index contributed by atoms with van der Waals surface area (Å²) in [6.45, 7) is 7.97. The SMILES string of the molecule is CCC1=C[C@@H]2[C@H](C1)C[C@@]2(CN=O)CC(=O)OC(C)(C)C. The molecule has 112 valence electrons. The normalized spacial score (nSPS) is 32.1. The van der Waals surface area contributed by atoms with E-state index in [4.69, 9.17) is 4.74 Å². The van der Waals surface area contributed by atoms with Crippen molar-refractivity contribution in [2.24, 2.45) is 22.4 Å². The molecule has 0 spiro atoms. The second-order valence-electron chi connectivity index (χ2n) is 7.29. The topological polar surface area (TPSA) is 55.7 Å². The molecule has 0 unspecified atom stereocenters. The van der Waals surface area contributed by atoms with E-state index in [1.165, 1.54) is 5.57 Å². The van der Waals surface area contributed by atoms with Gasteiger partial charge in [-0.25, -0.2) is 0 Å². The van der Waals surface area contributed by atoms with Crippen molar-refractivity contribution < 1.29 is 9.53 Å². The highest BCUT2D eigenvalue weighted by molar-refractivity contribution is 5.71. The van der Waals surface area contributed by atoms with Crippen LogP contribution < -0.4 is 0 Å². The average molecular weight is 279 g/mol. The second kappa shape index (κ2) is 5.30. The number of nitroso groups, excluding NO2 is 1. The maximum atomic E-state index is 12.1. The molecule has 4 heteroatoms. The molecule has 3 atom stereocenters. The predicted molar refractivity (Wildman–Crippen MR) is 78.1 cm³/mol. The first-order valence-corrected chi connectivity index (χ1v) is 7.50. The van der Waals surface area contributed by atoms with Gasteiger partial charge in [0.15, 0.2) is 0 Å². The Bertz CT molecular complexity index is 435. The van der Waals surface area contributed by atoms with E-state index in [9.17, 15) is 9.70 Å². The van der Waals surface area contributed by atoms with Crippen molar-refractivity contribution in [2.45, 2.75) is 59.0 Å². The van der Waals surface area contributed by atoms with Gasteiger partial charge in [-0.3, -0.25) is 4.79 Å². The Morgan fingerprint density at radius 1 is 1.50 bits per heavy atom. The monoisotopic (exact) mass is 279 g/mol. The van der Waals surface area contributed by atoms with Gasteiger partial charge in [-0.15, -0.1) is 0 Å². The zero-order valence-corrected chi connectivity index (χ0v) is 12.9. The van der Waals surface area contributed by atoms with Crippen LogP contribution >= 0.6 is 0 Å². The van der Waals surface area contributed by atoms with Crippen LogP contribution in [0.5, 0.6) is 0 Å². The smallest absolute Gasteiger partial charge is 0.306 e. The first-order valence-electron chi connectivity index (χ1n) is 7.50. The van der Waals surface area contributed by atoms with Gasteiger partial charge in [-0.2, -0.15) is 4.91 Å². The maximum absolute atomic E-state index is 12.1. The third kappa shape index (κ3) is 2.94. The fraction of sp³-hybridized carbons (Fsp3) is 0.812. The van der Waals surface area contributed by atoms with Gasteiger partial charge in [0.2, 0.25) is 0 Å². The van der Waals surface area contributed by atoms with Gasteiger partial charge in [0.05, 0.1) is 13.0 Å². The van der Waals surface area contributed by atoms with Crippen LogP contribution in [0.3, 0.4) is 0 Å². The van der Waals surface area contributed by atoms with Gasteiger partial charge in [0.25, 0.3) is 0 Å². The van der Waals surface area contributed by atoms with Crippen LogP contribution in [0.1, 0.15) is 53.4 Å². The minimum Gasteiger partial charge on any atom is -0.460 e. The number of hydrogen-bond acceptors (Lipinski definition) is 4. The Morgan fingerprint density at radius 3 is 2.75 bits per heavy atom. The van der Waals surface area contributed by atoms with E-state index in [-0.39, 0.29) is 17.9 Å². The Labute approximate surface area is 120 Å². The molecule has 0 heterocycles. The molecule has 20 heavy (non-hydrogen) atoms. The predicted octanol–water partition coefficient (Wildman–Crippen LogP) is 3.85. The van der Waals surface area contributed by atoms with Crippen molar-refractivity contribution >= 4 is 5.97 Å². The number of carbonyl (C=O) groups is 1. The number of allylic oxidation sites excluding steroid dienone is 2. The highest BCUT2D eigenvalue weighted by Gasteiger charge is 2.56. The van der Waals surface area contributed by atoms with Crippen molar-refractivity contribution in [1.29, 1.82) is 0 Å². The van der Waals surface area contributed by atoms with E-state index in [0.29, 0.717) is 18.3 Å². The molecule has 2 aliphatic carbocycles. The van der Waals surface area contributed by atoms with Gasteiger partial charge >= 0.3 is 5.97 Å². The number of nitrogens with zero attached hydrogens (tertiary/aromatic N) is 1. The Kier molecular flexibility index (Phi) is 4.03. The van der Waals surface area contributed by atoms with Crippen LogP contribution in [0.4, 0.5) is 0 Å². The summed E-state index contributed by atoms with van der Waals surface area (Å²) in [6, 6.07) is 0. The van der Waals surface area contributed by atoms with E-state index < -0.39 is 5.60 Å². The number of hydrogen-bond donors (Lipinski definition) is 0. The molecule has 0 N–H and O–H groups in total. The van der Waals surface area contributed by atoms with Crippen molar-refractivity contribution in [3.8, 4) is 0 Å². The number of rotatable bonds is 5. The summed E-state index contributed by atoms with van der Waals surface area (Å²) in [6.07, 6.45) is 5.69. The average Bonchev–Trinajstić information content (AvgIpc) is 2.64. The van der Waals surface area contributed by atoms with Crippen molar-refractivity contribution in [3.05, 3.63) is 16.6 Å². The van der Waals surface area contributed by atoms with Crippen LogP contribution in [0.15, 0.2) is 16.8 Å². The summed E-state index contributed by atoms with van der Waals surface area (Å²) in [5.41, 5.74) is 0.693. The van der Waals surface area contributed by atoms with Crippen molar-refractivity contribution in [2.75, 3.05) is 6.54 Å². The van der Waals surface area contributed by atoms with E-state index in [0.717, 1.165) is 19.3 Å². The molecule has 1 saturated carbocycles. The third-order valence-corrected chi connectivity index (χ3v) is 4.57. The van der Waals surface area contributed by atoms with Crippen molar-refractivity contribution in [3.63, 3.8) is 0 Å². The minimum absolute atomic E-state index is 0.210. The third-order valence-electron chi connectivity index (χ3n) is 4.57. The molecule has 0 aromatic rings. The van der Waals surface area contributed by atoms with Crippen LogP contribution in [-0.2, 0) is 9.53 Å².